The monoisotopic (exact) mass is 379 g/mol. The molecule has 1 aromatic heterocycles. The summed E-state index contributed by atoms with van der Waals surface area (Å²) >= 11 is 0. The molecule has 0 spiro atoms. The van der Waals surface area contributed by atoms with Gasteiger partial charge in [-0.25, -0.2) is 0 Å². The third-order valence-electron chi connectivity index (χ3n) is 5.82. The molecule has 6 heteroatoms. The first-order valence-corrected chi connectivity index (χ1v) is 9.80. The number of carbonyl (C=O) groups is 2. The zero-order chi connectivity index (χ0) is 19.8. The highest BCUT2D eigenvalue weighted by Crippen LogP contribution is 2.37. The number of aliphatic hydroxyl groups is 1. The molecule has 6 nitrogen and oxygen atoms in total. The Morgan fingerprint density at radius 2 is 2.11 bits per heavy atom. The van der Waals surface area contributed by atoms with Crippen molar-refractivity contribution >= 4 is 17.5 Å². The zero-order valence-electron chi connectivity index (χ0n) is 16.2. The van der Waals surface area contributed by atoms with Crippen LogP contribution in [0.15, 0.2) is 30.6 Å². The maximum Gasteiger partial charge on any atom is 0.249 e. The van der Waals surface area contributed by atoms with Crippen molar-refractivity contribution in [2.75, 3.05) is 11.9 Å². The van der Waals surface area contributed by atoms with Gasteiger partial charge < -0.3 is 15.3 Å². The number of aliphatic hydroxyl groups excluding tert-OH is 1. The Morgan fingerprint density at radius 1 is 1.29 bits per heavy atom. The van der Waals surface area contributed by atoms with Crippen molar-refractivity contribution in [1.82, 2.24) is 10.3 Å². The molecule has 0 fully saturated rings. The summed E-state index contributed by atoms with van der Waals surface area (Å²) in [6.07, 6.45) is 6.72. The van der Waals surface area contributed by atoms with E-state index in [1.807, 2.05) is 31.6 Å². The van der Waals surface area contributed by atoms with Gasteiger partial charge >= 0.3 is 0 Å². The van der Waals surface area contributed by atoms with Gasteiger partial charge in [-0.3, -0.25) is 14.6 Å². The van der Waals surface area contributed by atoms with Crippen LogP contribution in [-0.4, -0.2) is 35.1 Å². The largest absolute Gasteiger partial charge is 0.384 e. The van der Waals surface area contributed by atoms with Crippen LogP contribution in [0.3, 0.4) is 0 Å². The van der Waals surface area contributed by atoms with Gasteiger partial charge in [0.1, 0.15) is 6.10 Å². The Kier molecular flexibility index (Phi) is 4.89. The molecule has 0 radical (unpaired) electrons. The maximum absolute atomic E-state index is 12.0. The van der Waals surface area contributed by atoms with Crippen LogP contribution in [0.25, 0.3) is 11.1 Å². The molecule has 2 N–H and O–H groups in total. The van der Waals surface area contributed by atoms with Crippen LogP contribution >= 0.6 is 0 Å². The van der Waals surface area contributed by atoms with Crippen LogP contribution in [0.5, 0.6) is 0 Å². The smallest absolute Gasteiger partial charge is 0.249 e. The van der Waals surface area contributed by atoms with E-state index in [2.05, 4.69) is 16.4 Å². The molecule has 146 valence electrons. The Morgan fingerprint density at radius 3 is 2.89 bits per heavy atom. The van der Waals surface area contributed by atoms with Gasteiger partial charge in [-0.1, -0.05) is 6.07 Å². The van der Waals surface area contributed by atoms with E-state index in [1.165, 1.54) is 18.1 Å². The van der Waals surface area contributed by atoms with E-state index in [0.29, 0.717) is 6.42 Å². The first-order chi connectivity index (χ1) is 13.5. The molecule has 2 atom stereocenters. The van der Waals surface area contributed by atoms with Crippen LogP contribution in [-0.2, 0) is 22.4 Å². The van der Waals surface area contributed by atoms with Gasteiger partial charge in [0.2, 0.25) is 11.8 Å². The predicted molar refractivity (Wildman–Crippen MR) is 107 cm³/mol. The van der Waals surface area contributed by atoms with E-state index >= 15 is 0 Å². The van der Waals surface area contributed by atoms with Crippen LogP contribution in [0.2, 0.25) is 0 Å². The third kappa shape index (κ3) is 3.29. The zero-order valence-corrected chi connectivity index (χ0v) is 16.2. The normalized spacial score (nSPS) is 19.6. The second-order valence-electron chi connectivity index (χ2n) is 7.68. The van der Waals surface area contributed by atoms with Crippen molar-refractivity contribution in [1.29, 1.82) is 0 Å². The molecule has 2 aliphatic rings. The van der Waals surface area contributed by atoms with Crippen molar-refractivity contribution in [3.05, 3.63) is 47.3 Å². The Hall–Kier alpha value is -2.73. The number of pyridine rings is 1. The van der Waals surface area contributed by atoms with Crippen molar-refractivity contribution in [3.8, 4) is 11.1 Å². The molecule has 2 heterocycles. The lowest BCUT2D eigenvalue weighted by atomic mass is 9.84. The molecular formula is C22H25N3O3. The minimum Gasteiger partial charge on any atom is -0.384 e. The van der Waals surface area contributed by atoms with E-state index in [9.17, 15) is 14.7 Å². The summed E-state index contributed by atoms with van der Waals surface area (Å²) in [5, 5.41) is 12.5. The quantitative estimate of drug-likeness (QED) is 0.859. The number of nitrogens with one attached hydrogen (secondary N) is 1. The van der Waals surface area contributed by atoms with Crippen molar-refractivity contribution < 1.29 is 14.7 Å². The number of aromatic nitrogens is 1. The number of aryl methyl sites for hydroxylation is 1. The fourth-order valence-corrected chi connectivity index (χ4v) is 4.24. The minimum absolute atomic E-state index is 0.125. The second kappa shape index (κ2) is 7.36. The average molecular weight is 379 g/mol. The van der Waals surface area contributed by atoms with Crippen LogP contribution in [0, 0.1) is 0 Å². The van der Waals surface area contributed by atoms with E-state index in [1.54, 1.807) is 4.90 Å². The van der Waals surface area contributed by atoms with Crippen LogP contribution < -0.4 is 10.2 Å². The highest BCUT2D eigenvalue weighted by Gasteiger charge is 2.26. The Bertz CT molecular complexity index is 939. The first kappa shape index (κ1) is 18.6. The van der Waals surface area contributed by atoms with Crippen molar-refractivity contribution in [2.24, 2.45) is 0 Å². The lowest BCUT2D eigenvalue weighted by Gasteiger charge is -2.29. The number of rotatable bonds is 3. The highest BCUT2D eigenvalue weighted by atomic mass is 16.3. The number of carbonyl (C=O) groups excluding carboxylic acids is 2. The number of amides is 2. The van der Waals surface area contributed by atoms with Gasteiger partial charge in [-0.2, -0.15) is 0 Å². The Labute approximate surface area is 164 Å². The summed E-state index contributed by atoms with van der Waals surface area (Å²) in [7, 11) is 1.82. The van der Waals surface area contributed by atoms with E-state index in [0.717, 1.165) is 48.1 Å². The summed E-state index contributed by atoms with van der Waals surface area (Å²) < 4.78 is 0. The molecule has 1 aliphatic carbocycles. The van der Waals surface area contributed by atoms with E-state index in [4.69, 9.17) is 0 Å². The number of anilines is 1. The van der Waals surface area contributed by atoms with Gasteiger partial charge in [0.15, 0.2) is 0 Å². The number of fused-ring (bicyclic) bond motifs is 2. The number of nitrogens with zero attached hydrogens (tertiary/aromatic N) is 2. The summed E-state index contributed by atoms with van der Waals surface area (Å²) in [6.45, 7) is 1.47. The van der Waals surface area contributed by atoms with Gasteiger partial charge in [0.05, 0.1) is 6.04 Å². The Balaban J connectivity index is 1.71. The molecule has 2 aromatic rings. The highest BCUT2D eigenvalue weighted by molar-refractivity contribution is 5.96. The van der Waals surface area contributed by atoms with E-state index < -0.39 is 6.10 Å². The number of hydrogen-bond acceptors (Lipinski definition) is 4. The molecule has 28 heavy (non-hydrogen) atoms. The molecule has 2 unspecified atom stereocenters. The standard InChI is InChI=1S/C22H25N3O3/c1-13(26)22(28)24-19-5-3-4-16-17(11-23-12-18(16)19)14-6-8-20-15(10-14)7-9-21(27)25(20)2/h6,8,10-13,19,26H,3-5,7,9H2,1-2H3,(H,24,28). The first-order valence-electron chi connectivity index (χ1n) is 9.80. The summed E-state index contributed by atoms with van der Waals surface area (Å²) in [4.78, 5) is 30.1. The molecule has 0 saturated heterocycles. The number of hydrogen-bond donors (Lipinski definition) is 2. The fraction of sp³-hybridized carbons (Fsp3) is 0.409. The third-order valence-corrected chi connectivity index (χ3v) is 5.82. The topological polar surface area (TPSA) is 82.5 Å². The maximum atomic E-state index is 12.0. The molecule has 4 rings (SSSR count). The summed E-state index contributed by atoms with van der Waals surface area (Å²) in [6, 6.07) is 6.09. The molecular weight excluding hydrogens is 354 g/mol. The SMILES string of the molecule is CC(O)C(=O)NC1CCCc2c(-c3ccc4c(c3)CCC(=O)N4C)cncc21. The lowest BCUT2D eigenvalue weighted by molar-refractivity contribution is -0.129. The number of benzene rings is 1. The van der Waals surface area contributed by atoms with Gasteiger partial charge in [-0.15, -0.1) is 0 Å². The molecule has 0 saturated carbocycles. The summed E-state index contributed by atoms with van der Waals surface area (Å²) in [5.41, 5.74) is 6.55. The fourth-order valence-electron chi connectivity index (χ4n) is 4.24. The minimum atomic E-state index is -1.03. The molecule has 1 aliphatic heterocycles. The second-order valence-corrected chi connectivity index (χ2v) is 7.68. The molecule has 0 bridgehead atoms. The van der Waals surface area contributed by atoms with Crippen molar-refractivity contribution in [2.45, 2.75) is 51.2 Å². The van der Waals surface area contributed by atoms with Crippen LogP contribution in [0.4, 0.5) is 5.69 Å². The van der Waals surface area contributed by atoms with Gasteiger partial charge in [0, 0.05) is 37.1 Å². The average Bonchev–Trinajstić information content (AvgIpc) is 2.70. The van der Waals surface area contributed by atoms with Crippen molar-refractivity contribution in [3.63, 3.8) is 0 Å². The van der Waals surface area contributed by atoms with Gasteiger partial charge in [0.25, 0.3) is 0 Å². The summed E-state index contributed by atoms with van der Waals surface area (Å²) in [5.74, 6) is -0.208. The molecule has 2 amide bonds. The predicted octanol–water partition coefficient (Wildman–Crippen LogP) is 2.53. The van der Waals surface area contributed by atoms with Gasteiger partial charge in [-0.05, 0) is 67.0 Å². The van der Waals surface area contributed by atoms with Crippen LogP contribution in [0.1, 0.15) is 48.9 Å². The van der Waals surface area contributed by atoms with E-state index in [-0.39, 0.29) is 17.9 Å². The lowest BCUT2D eigenvalue weighted by Crippen LogP contribution is -2.37. The molecule has 1 aromatic carbocycles.